The standard InChI is InChI=1S/C25H38N4O9/c1-13(2)19-17(23(29-28-19)38-24-22(35)21(34)20(33)18(12-32)37-24)9-15-5-3-14(4-6-15)7-8-26-25(36)27-16(10-30)11-31/h3-6,13,16,18,20-22,24,30-35H,7-12H2,1-2H3,(H,28,29)(H2,26,27,36)/t18-,20-,21+,22-,24+/m1/s1. The van der Waals surface area contributed by atoms with Gasteiger partial charge in [0.15, 0.2) is 0 Å². The van der Waals surface area contributed by atoms with Crippen molar-refractivity contribution in [3.8, 4) is 5.88 Å². The molecule has 1 fully saturated rings. The lowest BCUT2D eigenvalue weighted by atomic mass is 9.98. The van der Waals surface area contributed by atoms with E-state index < -0.39 is 49.4 Å². The summed E-state index contributed by atoms with van der Waals surface area (Å²) in [4.78, 5) is 11.8. The van der Waals surface area contributed by atoms with Gasteiger partial charge in [0.2, 0.25) is 12.2 Å². The maximum atomic E-state index is 11.8. The molecule has 1 aliphatic rings. The van der Waals surface area contributed by atoms with Gasteiger partial charge >= 0.3 is 6.03 Å². The SMILES string of the molecule is CC(C)c1[nH]nc(O[C@@H]2O[C@H](CO)[C@@H](O)[C@H](O)[C@H]2O)c1Cc1ccc(CCNC(=O)NC(CO)CO)cc1. The number of aromatic amines is 1. The lowest BCUT2D eigenvalue weighted by molar-refractivity contribution is -0.278. The molecule has 2 heterocycles. The smallest absolute Gasteiger partial charge is 0.315 e. The number of carbonyl (C=O) groups is 1. The second-order valence-electron chi connectivity index (χ2n) is 9.60. The third-order valence-corrected chi connectivity index (χ3v) is 6.39. The van der Waals surface area contributed by atoms with Crippen molar-refractivity contribution in [1.82, 2.24) is 20.8 Å². The van der Waals surface area contributed by atoms with Crippen LogP contribution in [0.1, 0.15) is 42.1 Å². The van der Waals surface area contributed by atoms with Crippen molar-refractivity contribution in [2.75, 3.05) is 26.4 Å². The normalized spacial score (nSPS) is 23.6. The summed E-state index contributed by atoms with van der Waals surface area (Å²) in [7, 11) is 0. The number of amides is 2. The number of ether oxygens (including phenoxy) is 2. The predicted octanol–water partition coefficient (Wildman–Crippen LogP) is -1.50. The van der Waals surface area contributed by atoms with Gasteiger partial charge in [-0.15, -0.1) is 5.10 Å². The quantitative estimate of drug-likeness (QED) is 0.153. The van der Waals surface area contributed by atoms with Crippen molar-refractivity contribution in [3.63, 3.8) is 0 Å². The zero-order valence-electron chi connectivity index (χ0n) is 21.4. The number of benzene rings is 1. The molecule has 2 aromatic rings. The van der Waals surface area contributed by atoms with E-state index in [9.17, 15) is 25.2 Å². The van der Waals surface area contributed by atoms with Gasteiger partial charge in [0.1, 0.15) is 24.4 Å². The highest BCUT2D eigenvalue weighted by atomic mass is 16.7. The molecular formula is C25H38N4O9. The Labute approximate surface area is 220 Å². The van der Waals surface area contributed by atoms with Gasteiger partial charge in [-0.05, 0) is 23.5 Å². The van der Waals surface area contributed by atoms with Gasteiger partial charge < -0.3 is 50.7 Å². The second kappa shape index (κ2) is 13.8. The molecule has 13 heteroatoms. The zero-order chi connectivity index (χ0) is 27.8. The highest BCUT2D eigenvalue weighted by Gasteiger charge is 2.45. The number of H-pyrrole nitrogens is 1. The number of aliphatic hydroxyl groups excluding tert-OH is 6. The van der Waals surface area contributed by atoms with Crippen molar-refractivity contribution in [3.05, 3.63) is 46.6 Å². The molecule has 1 aromatic carbocycles. The monoisotopic (exact) mass is 538 g/mol. The first-order valence-electron chi connectivity index (χ1n) is 12.6. The van der Waals surface area contributed by atoms with E-state index in [0.717, 1.165) is 22.4 Å². The number of rotatable bonds is 12. The zero-order valence-corrected chi connectivity index (χ0v) is 21.4. The average molecular weight is 539 g/mol. The van der Waals surface area contributed by atoms with Gasteiger partial charge in [0.25, 0.3) is 0 Å². The Bertz CT molecular complexity index is 1010. The Morgan fingerprint density at radius 1 is 1.05 bits per heavy atom. The molecule has 0 saturated carbocycles. The molecule has 9 N–H and O–H groups in total. The van der Waals surface area contributed by atoms with Crippen molar-refractivity contribution in [2.45, 2.75) is 69.4 Å². The van der Waals surface area contributed by atoms with Crippen LogP contribution in [0.5, 0.6) is 5.88 Å². The van der Waals surface area contributed by atoms with E-state index in [4.69, 9.17) is 19.7 Å². The van der Waals surface area contributed by atoms with E-state index in [1.807, 2.05) is 38.1 Å². The average Bonchev–Trinajstić information content (AvgIpc) is 3.30. The van der Waals surface area contributed by atoms with Crippen molar-refractivity contribution in [2.24, 2.45) is 0 Å². The fraction of sp³-hybridized carbons (Fsp3) is 0.600. The first kappa shape index (κ1) is 29.8. The molecule has 1 saturated heterocycles. The van der Waals surface area contributed by atoms with Crippen molar-refractivity contribution >= 4 is 6.03 Å². The molecule has 0 unspecified atom stereocenters. The Kier molecular flexibility index (Phi) is 10.8. The lowest BCUT2D eigenvalue weighted by Crippen LogP contribution is -2.60. The molecule has 13 nitrogen and oxygen atoms in total. The van der Waals surface area contributed by atoms with E-state index in [0.29, 0.717) is 19.4 Å². The minimum Gasteiger partial charge on any atom is -0.443 e. The third-order valence-electron chi connectivity index (χ3n) is 6.39. The minimum atomic E-state index is -1.56. The van der Waals surface area contributed by atoms with Crippen molar-refractivity contribution < 1.29 is 44.9 Å². The Balaban J connectivity index is 1.65. The number of nitrogens with zero attached hydrogens (tertiary/aromatic N) is 1. The summed E-state index contributed by atoms with van der Waals surface area (Å²) in [5.41, 5.74) is 3.51. The van der Waals surface area contributed by atoms with Gasteiger partial charge in [0.05, 0.1) is 25.9 Å². The van der Waals surface area contributed by atoms with E-state index in [2.05, 4.69) is 20.8 Å². The molecule has 0 bridgehead atoms. The minimum absolute atomic E-state index is 0.0809. The van der Waals surface area contributed by atoms with E-state index in [-0.39, 0.29) is 25.0 Å². The second-order valence-corrected chi connectivity index (χ2v) is 9.60. The highest BCUT2D eigenvalue weighted by molar-refractivity contribution is 5.74. The molecule has 3 rings (SSSR count). The maximum absolute atomic E-state index is 11.8. The van der Waals surface area contributed by atoms with E-state index >= 15 is 0 Å². The predicted molar refractivity (Wildman–Crippen MR) is 135 cm³/mol. The molecule has 38 heavy (non-hydrogen) atoms. The van der Waals surface area contributed by atoms with Crippen LogP contribution < -0.4 is 15.4 Å². The van der Waals surface area contributed by atoms with Gasteiger partial charge in [0, 0.05) is 24.2 Å². The van der Waals surface area contributed by atoms with Crippen LogP contribution in [-0.4, -0.2) is 110 Å². The van der Waals surface area contributed by atoms with Crippen LogP contribution >= 0.6 is 0 Å². The summed E-state index contributed by atoms with van der Waals surface area (Å²) in [5, 5.41) is 70.3. The third kappa shape index (κ3) is 7.41. The maximum Gasteiger partial charge on any atom is 0.315 e. The van der Waals surface area contributed by atoms with Gasteiger partial charge in [-0.25, -0.2) is 4.79 Å². The van der Waals surface area contributed by atoms with Crippen LogP contribution in [0.15, 0.2) is 24.3 Å². The molecule has 1 aromatic heterocycles. The summed E-state index contributed by atoms with van der Waals surface area (Å²) in [5.74, 6) is 0.263. The van der Waals surface area contributed by atoms with Crippen LogP contribution in [0.2, 0.25) is 0 Å². The first-order valence-corrected chi connectivity index (χ1v) is 12.6. The number of aliphatic hydroxyl groups is 6. The first-order chi connectivity index (χ1) is 18.2. The van der Waals surface area contributed by atoms with Gasteiger partial charge in [-0.3, -0.25) is 5.10 Å². The molecule has 0 spiro atoms. The summed E-state index contributed by atoms with van der Waals surface area (Å²) in [6, 6.07) is 6.58. The number of nitrogens with one attached hydrogen (secondary N) is 3. The van der Waals surface area contributed by atoms with Crippen LogP contribution in [0.3, 0.4) is 0 Å². The highest BCUT2D eigenvalue weighted by Crippen LogP contribution is 2.31. The Hall–Kier alpha value is -2.78. The molecular weight excluding hydrogens is 500 g/mol. The number of hydrogen-bond donors (Lipinski definition) is 9. The lowest BCUT2D eigenvalue weighted by Gasteiger charge is -2.39. The number of aromatic nitrogens is 2. The molecule has 5 atom stereocenters. The Morgan fingerprint density at radius 3 is 2.32 bits per heavy atom. The van der Waals surface area contributed by atoms with E-state index in [1.165, 1.54) is 0 Å². The summed E-state index contributed by atoms with van der Waals surface area (Å²) < 4.78 is 11.3. The molecule has 2 amide bonds. The van der Waals surface area contributed by atoms with Crippen LogP contribution in [0.4, 0.5) is 4.79 Å². The number of carbonyl (C=O) groups excluding carboxylic acids is 1. The largest absolute Gasteiger partial charge is 0.443 e. The fourth-order valence-electron chi connectivity index (χ4n) is 4.12. The number of hydrogen-bond acceptors (Lipinski definition) is 10. The summed E-state index contributed by atoms with van der Waals surface area (Å²) >= 11 is 0. The summed E-state index contributed by atoms with van der Waals surface area (Å²) in [6.45, 7) is 3.08. The molecule has 1 aliphatic heterocycles. The van der Waals surface area contributed by atoms with E-state index in [1.54, 1.807) is 0 Å². The molecule has 0 aliphatic carbocycles. The van der Waals surface area contributed by atoms with Gasteiger partial charge in [-0.1, -0.05) is 38.1 Å². The fourth-order valence-corrected chi connectivity index (χ4v) is 4.12. The summed E-state index contributed by atoms with van der Waals surface area (Å²) in [6.07, 6.45) is -6.01. The molecule has 0 radical (unpaired) electrons. The van der Waals surface area contributed by atoms with Crippen LogP contribution in [-0.2, 0) is 17.6 Å². The van der Waals surface area contributed by atoms with Crippen LogP contribution in [0, 0.1) is 0 Å². The van der Waals surface area contributed by atoms with Gasteiger partial charge in [-0.2, -0.15) is 0 Å². The van der Waals surface area contributed by atoms with Crippen LogP contribution in [0.25, 0.3) is 0 Å². The molecule has 212 valence electrons. The topological polar surface area (TPSA) is 210 Å². The Morgan fingerprint density at radius 2 is 1.71 bits per heavy atom. The number of urea groups is 1. The van der Waals surface area contributed by atoms with Crippen molar-refractivity contribution in [1.29, 1.82) is 0 Å².